The maximum atomic E-state index is 12.5. The van der Waals surface area contributed by atoms with Gasteiger partial charge in [-0.05, 0) is 46.8 Å². The molecular weight excluding hydrogens is 338 g/mol. The van der Waals surface area contributed by atoms with Crippen molar-refractivity contribution in [3.8, 4) is 0 Å². The second-order valence-electron chi connectivity index (χ2n) is 4.43. The Kier molecular flexibility index (Phi) is 4.69. The summed E-state index contributed by atoms with van der Waals surface area (Å²) >= 11 is 9.11. The highest BCUT2D eigenvalue weighted by Crippen LogP contribution is 2.28. The van der Waals surface area contributed by atoms with E-state index in [1.54, 1.807) is 22.5 Å². The lowest BCUT2D eigenvalue weighted by atomic mass is 10.0. The van der Waals surface area contributed by atoms with Gasteiger partial charge in [-0.1, -0.05) is 12.1 Å². The molecule has 1 heterocycles. The molecule has 18 heavy (non-hydrogen) atoms. The fourth-order valence-corrected chi connectivity index (χ4v) is 4.84. The van der Waals surface area contributed by atoms with Crippen LogP contribution >= 0.6 is 27.5 Å². The molecule has 0 amide bonds. The average Bonchev–Trinajstić information content (AvgIpc) is 2.39. The Bertz CT molecular complexity index is 513. The molecule has 1 aliphatic heterocycles. The Morgan fingerprint density at radius 3 is 2.44 bits per heavy atom. The molecule has 100 valence electrons. The number of piperidine rings is 1. The van der Waals surface area contributed by atoms with Gasteiger partial charge in [-0.3, -0.25) is 0 Å². The van der Waals surface area contributed by atoms with E-state index in [9.17, 15) is 8.42 Å². The Morgan fingerprint density at radius 1 is 1.28 bits per heavy atom. The summed E-state index contributed by atoms with van der Waals surface area (Å²) in [6, 6.07) is 6.93. The summed E-state index contributed by atoms with van der Waals surface area (Å²) in [7, 11) is -3.38. The van der Waals surface area contributed by atoms with Gasteiger partial charge in [-0.15, -0.1) is 11.6 Å². The lowest BCUT2D eigenvalue weighted by Crippen LogP contribution is -2.38. The smallest absolute Gasteiger partial charge is 0.207 e. The molecule has 0 radical (unpaired) electrons. The first-order valence-electron chi connectivity index (χ1n) is 5.86. The third-order valence-corrected chi connectivity index (χ3v) is 6.59. The van der Waals surface area contributed by atoms with Gasteiger partial charge in [-0.25, -0.2) is 8.42 Å². The van der Waals surface area contributed by atoms with E-state index in [0.29, 0.717) is 34.3 Å². The molecule has 0 spiro atoms. The third kappa shape index (κ3) is 2.90. The van der Waals surface area contributed by atoms with Gasteiger partial charge in [0.15, 0.2) is 0 Å². The normalized spacial score (nSPS) is 19.0. The molecule has 0 unspecified atom stereocenters. The quantitative estimate of drug-likeness (QED) is 0.784. The molecule has 0 aromatic heterocycles. The van der Waals surface area contributed by atoms with Crippen LogP contribution in [0.25, 0.3) is 0 Å². The number of hydrogen-bond acceptors (Lipinski definition) is 2. The first-order chi connectivity index (χ1) is 8.55. The largest absolute Gasteiger partial charge is 0.244 e. The van der Waals surface area contributed by atoms with E-state index in [1.807, 2.05) is 6.07 Å². The maximum Gasteiger partial charge on any atom is 0.244 e. The van der Waals surface area contributed by atoms with Crippen molar-refractivity contribution in [1.29, 1.82) is 0 Å². The molecule has 0 aliphatic carbocycles. The van der Waals surface area contributed by atoms with Crippen LogP contribution < -0.4 is 0 Å². The molecule has 0 bridgehead atoms. The molecule has 1 aromatic rings. The van der Waals surface area contributed by atoms with E-state index in [0.717, 1.165) is 12.8 Å². The van der Waals surface area contributed by atoms with E-state index in [1.165, 1.54) is 0 Å². The van der Waals surface area contributed by atoms with Gasteiger partial charge in [0.05, 0.1) is 4.90 Å². The summed E-state index contributed by atoms with van der Waals surface area (Å²) < 4.78 is 27.1. The van der Waals surface area contributed by atoms with Crippen LogP contribution in [-0.4, -0.2) is 31.7 Å². The van der Waals surface area contributed by atoms with Crippen molar-refractivity contribution in [2.24, 2.45) is 5.92 Å². The number of alkyl halides is 1. The van der Waals surface area contributed by atoms with Crippen LogP contribution in [0.4, 0.5) is 0 Å². The topological polar surface area (TPSA) is 37.4 Å². The van der Waals surface area contributed by atoms with Gasteiger partial charge < -0.3 is 0 Å². The summed E-state index contributed by atoms with van der Waals surface area (Å²) in [6.07, 6.45) is 1.68. The van der Waals surface area contributed by atoms with Gasteiger partial charge in [0.1, 0.15) is 0 Å². The van der Waals surface area contributed by atoms with Crippen molar-refractivity contribution in [3.63, 3.8) is 0 Å². The maximum absolute atomic E-state index is 12.5. The highest BCUT2D eigenvalue weighted by molar-refractivity contribution is 9.10. The summed E-state index contributed by atoms with van der Waals surface area (Å²) in [5.41, 5.74) is 0. The fourth-order valence-electron chi connectivity index (χ4n) is 2.10. The Labute approximate surface area is 121 Å². The Morgan fingerprint density at radius 2 is 1.89 bits per heavy atom. The lowest BCUT2D eigenvalue weighted by Gasteiger charge is -2.30. The zero-order chi connectivity index (χ0) is 13.2. The van der Waals surface area contributed by atoms with E-state index in [4.69, 9.17) is 11.6 Å². The van der Waals surface area contributed by atoms with Crippen LogP contribution in [0.3, 0.4) is 0 Å². The van der Waals surface area contributed by atoms with Gasteiger partial charge in [0.25, 0.3) is 0 Å². The Hall–Kier alpha value is -0.100. The summed E-state index contributed by atoms with van der Waals surface area (Å²) in [4.78, 5) is 0.342. The number of rotatable bonds is 3. The van der Waals surface area contributed by atoms with Crippen molar-refractivity contribution in [3.05, 3.63) is 28.7 Å². The minimum atomic E-state index is -3.38. The predicted molar refractivity (Wildman–Crippen MR) is 76.3 cm³/mol. The number of benzene rings is 1. The summed E-state index contributed by atoms with van der Waals surface area (Å²) in [5, 5.41) is 0. The second-order valence-corrected chi connectivity index (χ2v) is 7.50. The summed E-state index contributed by atoms with van der Waals surface area (Å²) in [5.74, 6) is 1.06. The molecule has 0 N–H and O–H groups in total. The first-order valence-corrected chi connectivity index (χ1v) is 8.63. The molecule has 1 aliphatic rings. The molecule has 6 heteroatoms. The van der Waals surface area contributed by atoms with E-state index < -0.39 is 10.0 Å². The van der Waals surface area contributed by atoms with Crippen LogP contribution in [0.15, 0.2) is 33.6 Å². The third-order valence-electron chi connectivity index (χ3n) is 3.25. The van der Waals surface area contributed by atoms with Crippen LogP contribution in [0, 0.1) is 5.92 Å². The van der Waals surface area contributed by atoms with Crippen molar-refractivity contribution >= 4 is 37.6 Å². The molecule has 3 nitrogen and oxygen atoms in total. The van der Waals surface area contributed by atoms with Crippen LogP contribution in [0.5, 0.6) is 0 Å². The molecule has 1 saturated heterocycles. The monoisotopic (exact) mass is 351 g/mol. The molecule has 2 rings (SSSR count). The number of nitrogens with zero attached hydrogens (tertiary/aromatic N) is 1. The van der Waals surface area contributed by atoms with E-state index >= 15 is 0 Å². The zero-order valence-electron chi connectivity index (χ0n) is 9.85. The van der Waals surface area contributed by atoms with Gasteiger partial charge in [-0.2, -0.15) is 4.31 Å². The Balaban J connectivity index is 2.20. The molecular formula is C12H15BrClNO2S. The van der Waals surface area contributed by atoms with Gasteiger partial charge in [0, 0.05) is 23.4 Å². The first kappa shape index (κ1) is 14.3. The minimum Gasteiger partial charge on any atom is -0.207 e. The van der Waals surface area contributed by atoms with Gasteiger partial charge in [0.2, 0.25) is 10.0 Å². The van der Waals surface area contributed by atoms with Crippen molar-refractivity contribution in [2.45, 2.75) is 17.7 Å². The predicted octanol–water partition coefficient (Wildman–Crippen LogP) is 3.09. The fraction of sp³-hybridized carbons (Fsp3) is 0.500. The molecule has 0 atom stereocenters. The number of sulfonamides is 1. The molecule has 1 aromatic carbocycles. The van der Waals surface area contributed by atoms with Crippen LogP contribution in [-0.2, 0) is 10.0 Å². The minimum absolute atomic E-state index is 0.342. The SMILES string of the molecule is O=S(=O)(c1ccccc1Br)N1CCC(CCl)CC1. The van der Waals surface area contributed by atoms with Crippen LogP contribution in [0.2, 0.25) is 0 Å². The van der Waals surface area contributed by atoms with E-state index in [-0.39, 0.29) is 0 Å². The average molecular weight is 353 g/mol. The van der Waals surface area contributed by atoms with Gasteiger partial charge >= 0.3 is 0 Å². The lowest BCUT2D eigenvalue weighted by molar-refractivity contribution is 0.290. The number of hydrogen-bond donors (Lipinski definition) is 0. The van der Waals surface area contributed by atoms with Crippen molar-refractivity contribution in [2.75, 3.05) is 19.0 Å². The highest BCUT2D eigenvalue weighted by Gasteiger charge is 2.30. The van der Waals surface area contributed by atoms with Crippen molar-refractivity contribution in [1.82, 2.24) is 4.31 Å². The van der Waals surface area contributed by atoms with Crippen molar-refractivity contribution < 1.29 is 8.42 Å². The standard InChI is InChI=1S/C12H15BrClNO2S/c13-11-3-1-2-4-12(11)18(16,17)15-7-5-10(9-14)6-8-15/h1-4,10H,5-9H2. The highest BCUT2D eigenvalue weighted by atomic mass is 79.9. The second kappa shape index (κ2) is 5.90. The van der Waals surface area contributed by atoms with E-state index in [2.05, 4.69) is 15.9 Å². The zero-order valence-corrected chi connectivity index (χ0v) is 13.0. The number of halogens is 2. The molecule has 0 saturated carbocycles. The summed E-state index contributed by atoms with van der Waals surface area (Å²) in [6.45, 7) is 1.11. The van der Waals surface area contributed by atoms with Crippen LogP contribution in [0.1, 0.15) is 12.8 Å². The molecule has 1 fully saturated rings.